The molecule has 1 aliphatic carbocycles. The van der Waals surface area contributed by atoms with E-state index in [0.29, 0.717) is 12.1 Å². The summed E-state index contributed by atoms with van der Waals surface area (Å²) in [6, 6.07) is 4.64. The summed E-state index contributed by atoms with van der Waals surface area (Å²) in [5.41, 5.74) is -1.51. The number of rotatable bonds is 3. The van der Waals surface area contributed by atoms with E-state index in [9.17, 15) is 31.4 Å². The predicted octanol–water partition coefficient (Wildman–Crippen LogP) is 7.54. The molecule has 1 saturated carbocycles. The summed E-state index contributed by atoms with van der Waals surface area (Å²) in [5, 5.41) is 10.7. The molecule has 2 aromatic rings. The Labute approximate surface area is 170 Å². The van der Waals surface area contributed by atoms with Gasteiger partial charge in [0, 0.05) is 11.8 Å². The lowest BCUT2D eigenvalue weighted by Crippen LogP contribution is -2.10. The quantitative estimate of drug-likeness (QED) is 0.397. The maximum absolute atomic E-state index is 13.0. The van der Waals surface area contributed by atoms with Crippen LogP contribution in [-0.2, 0) is 12.4 Å². The number of aromatic hydroxyl groups is 1. The van der Waals surface area contributed by atoms with Crippen LogP contribution in [0.1, 0.15) is 65.8 Å². The first kappa shape index (κ1) is 22.2. The Hall–Kier alpha value is -2.51. The summed E-state index contributed by atoms with van der Waals surface area (Å²) in [7, 11) is 0. The van der Waals surface area contributed by atoms with Gasteiger partial charge < -0.3 is 5.11 Å². The zero-order valence-corrected chi connectivity index (χ0v) is 16.2. The lowest BCUT2D eigenvalue weighted by molar-refractivity contribution is -0.143. The summed E-state index contributed by atoms with van der Waals surface area (Å²) in [4.78, 5) is 3.83. The second kappa shape index (κ2) is 8.32. The number of aliphatic imine (C=N–C) groups is 1. The van der Waals surface area contributed by atoms with Gasteiger partial charge in [0.2, 0.25) is 0 Å². The Morgan fingerprint density at radius 1 is 0.867 bits per heavy atom. The number of halogens is 6. The fourth-order valence-electron chi connectivity index (χ4n) is 3.82. The molecule has 8 heteroatoms. The van der Waals surface area contributed by atoms with Crippen molar-refractivity contribution in [3.05, 3.63) is 58.1 Å². The Balaban J connectivity index is 2.00. The number of hydrogen-bond donors (Lipinski definition) is 1. The summed E-state index contributed by atoms with van der Waals surface area (Å²) >= 11 is 0. The van der Waals surface area contributed by atoms with Crippen molar-refractivity contribution < 1.29 is 31.4 Å². The number of alkyl halides is 6. The third kappa shape index (κ3) is 5.15. The Morgan fingerprint density at radius 2 is 1.43 bits per heavy atom. The normalized spacial score (nSPS) is 16.4. The molecule has 0 saturated heterocycles. The van der Waals surface area contributed by atoms with Crippen molar-refractivity contribution in [1.82, 2.24) is 0 Å². The topological polar surface area (TPSA) is 32.6 Å². The third-order valence-corrected chi connectivity index (χ3v) is 5.28. The van der Waals surface area contributed by atoms with Gasteiger partial charge in [-0.15, -0.1) is 0 Å². The zero-order chi connectivity index (χ0) is 22.1. The first-order chi connectivity index (χ1) is 13.9. The third-order valence-electron chi connectivity index (χ3n) is 5.28. The van der Waals surface area contributed by atoms with Crippen LogP contribution in [0.4, 0.5) is 32.0 Å². The van der Waals surface area contributed by atoms with Gasteiger partial charge in [-0.1, -0.05) is 25.3 Å². The van der Waals surface area contributed by atoms with Crippen LogP contribution in [0.15, 0.2) is 35.3 Å². The maximum Gasteiger partial charge on any atom is 0.416 e. The van der Waals surface area contributed by atoms with Crippen LogP contribution in [0.5, 0.6) is 5.75 Å². The molecule has 3 rings (SSSR count). The van der Waals surface area contributed by atoms with Gasteiger partial charge in [-0.25, -0.2) is 0 Å². The van der Waals surface area contributed by atoms with Gasteiger partial charge in [0.1, 0.15) is 5.75 Å². The minimum Gasteiger partial charge on any atom is -0.507 e. The van der Waals surface area contributed by atoms with Crippen LogP contribution in [0.2, 0.25) is 0 Å². The molecule has 0 radical (unpaired) electrons. The molecule has 0 atom stereocenters. The monoisotopic (exact) mass is 429 g/mol. The van der Waals surface area contributed by atoms with Crippen LogP contribution in [0.3, 0.4) is 0 Å². The number of phenolic OH excluding ortho intramolecular Hbond substituents is 1. The second-order valence-corrected chi connectivity index (χ2v) is 7.65. The van der Waals surface area contributed by atoms with Gasteiger partial charge in [-0.2, -0.15) is 26.3 Å². The van der Waals surface area contributed by atoms with Gasteiger partial charge >= 0.3 is 12.4 Å². The minimum absolute atomic E-state index is 0.0285. The Kier molecular flexibility index (Phi) is 6.15. The van der Waals surface area contributed by atoms with Crippen LogP contribution < -0.4 is 0 Å². The zero-order valence-electron chi connectivity index (χ0n) is 16.2. The molecule has 1 aliphatic rings. The molecule has 0 aliphatic heterocycles. The Morgan fingerprint density at radius 3 is 1.97 bits per heavy atom. The molecule has 1 fully saturated rings. The molecular weight excluding hydrogens is 408 g/mol. The highest BCUT2D eigenvalue weighted by atomic mass is 19.4. The van der Waals surface area contributed by atoms with Gasteiger partial charge in [-0.3, -0.25) is 4.99 Å². The minimum atomic E-state index is -4.94. The number of benzene rings is 2. The molecular formula is C22H21F6NO. The predicted molar refractivity (Wildman–Crippen MR) is 102 cm³/mol. The van der Waals surface area contributed by atoms with E-state index in [4.69, 9.17) is 0 Å². The van der Waals surface area contributed by atoms with Crippen LogP contribution in [0, 0.1) is 6.92 Å². The van der Waals surface area contributed by atoms with Crippen molar-refractivity contribution in [2.24, 2.45) is 4.99 Å². The summed E-state index contributed by atoms with van der Waals surface area (Å²) in [6.45, 7) is 1.81. The van der Waals surface area contributed by atoms with E-state index < -0.39 is 29.2 Å². The highest BCUT2D eigenvalue weighted by Gasteiger charge is 2.36. The molecule has 0 unspecified atom stereocenters. The molecule has 162 valence electrons. The van der Waals surface area contributed by atoms with Crippen molar-refractivity contribution in [2.45, 2.75) is 57.3 Å². The van der Waals surface area contributed by atoms with E-state index in [1.54, 1.807) is 6.07 Å². The fraction of sp³-hybridized carbons (Fsp3) is 0.409. The van der Waals surface area contributed by atoms with Crippen molar-refractivity contribution >= 4 is 11.9 Å². The lowest BCUT2D eigenvalue weighted by Gasteiger charge is -2.23. The fourth-order valence-corrected chi connectivity index (χ4v) is 3.82. The summed E-state index contributed by atoms with van der Waals surface area (Å²) in [5.74, 6) is 0.149. The number of phenols is 1. The van der Waals surface area contributed by atoms with E-state index in [0.717, 1.165) is 49.4 Å². The van der Waals surface area contributed by atoms with Crippen LogP contribution in [-0.4, -0.2) is 11.3 Å². The smallest absolute Gasteiger partial charge is 0.416 e. The summed E-state index contributed by atoms with van der Waals surface area (Å²) in [6.07, 6.45) is -3.68. The van der Waals surface area contributed by atoms with Gasteiger partial charge in [0.15, 0.2) is 0 Å². The van der Waals surface area contributed by atoms with E-state index in [1.807, 2.05) is 13.0 Å². The number of nitrogens with zero attached hydrogens (tertiary/aromatic N) is 1. The molecule has 1 N–H and O–H groups in total. The standard InChI is InChI=1S/C22H21F6NO/c1-13-7-15(20(30)19(8-13)14-5-3-2-4-6-14)12-29-18-10-16(21(23,24)25)9-17(11-18)22(26,27)28/h7-12,14,30H,2-6H2,1H3. The van der Waals surface area contributed by atoms with Gasteiger partial charge in [-0.05, 0) is 61.1 Å². The van der Waals surface area contributed by atoms with E-state index in [2.05, 4.69) is 4.99 Å². The average Bonchev–Trinajstić information content (AvgIpc) is 2.67. The Bertz CT molecular complexity index is 908. The van der Waals surface area contributed by atoms with Crippen LogP contribution >= 0.6 is 0 Å². The van der Waals surface area contributed by atoms with Crippen molar-refractivity contribution in [2.75, 3.05) is 0 Å². The number of hydrogen-bond acceptors (Lipinski definition) is 2. The first-order valence-electron chi connectivity index (χ1n) is 9.62. The van der Waals surface area contributed by atoms with Crippen molar-refractivity contribution in [3.8, 4) is 5.75 Å². The highest BCUT2D eigenvalue weighted by Crippen LogP contribution is 2.40. The molecule has 0 bridgehead atoms. The van der Waals surface area contributed by atoms with Gasteiger partial charge in [0.05, 0.1) is 16.8 Å². The molecule has 30 heavy (non-hydrogen) atoms. The second-order valence-electron chi connectivity index (χ2n) is 7.65. The number of aryl methyl sites for hydroxylation is 1. The molecule has 2 nitrogen and oxygen atoms in total. The molecule has 2 aromatic carbocycles. The average molecular weight is 429 g/mol. The maximum atomic E-state index is 13.0. The van der Waals surface area contributed by atoms with E-state index in [-0.39, 0.29) is 23.3 Å². The molecule has 0 aromatic heterocycles. The van der Waals surface area contributed by atoms with Gasteiger partial charge in [0.25, 0.3) is 0 Å². The molecule has 0 amide bonds. The SMILES string of the molecule is Cc1cc(C=Nc2cc(C(F)(F)F)cc(C(F)(F)F)c2)c(O)c(C2CCCCC2)c1. The molecule has 0 heterocycles. The largest absolute Gasteiger partial charge is 0.507 e. The first-order valence-corrected chi connectivity index (χ1v) is 9.62. The highest BCUT2D eigenvalue weighted by molar-refractivity contribution is 5.86. The van der Waals surface area contributed by atoms with Crippen molar-refractivity contribution in [1.29, 1.82) is 0 Å². The van der Waals surface area contributed by atoms with Crippen LogP contribution in [0.25, 0.3) is 0 Å². The lowest BCUT2D eigenvalue weighted by atomic mass is 9.82. The van der Waals surface area contributed by atoms with E-state index in [1.165, 1.54) is 0 Å². The van der Waals surface area contributed by atoms with E-state index >= 15 is 0 Å². The van der Waals surface area contributed by atoms with Crippen molar-refractivity contribution in [3.63, 3.8) is 0 Å². The molecule has 0 spiro atoms. The summed E-state index contributed by atoms with van der Waals surface area (Å²) < 4.78 is 78.1.